The second kappa shape index (κ2) is 5.16. The molecule has 1 saturated heterocycles. The first-order chi connectivity index (χ1) is 10.3. The molecule has 0 amide bonds. The average Bonchev–Trinajstić information content (AvgIpc) is 3.17. The maximum absolute atomic E-state index is 6.02. The number of hydrogen-bond acceptors (Lipinski definition) is 4. The van der Waals surface area contributed by atoms with Gasteiger partial charge in [0.1, 0.15) is 18.2 Å². The third-order valence-electron chi connectivity index (χ3n) is 3.79. The minimum absolute atomic E-state index is 0.318. The molecule has 0 bridgehead atoms. The molecule has 108 valence electrons. The number of hydrogen-bond donors (Lipinski definition) is 1. The predicted octanol–water partition coefficient (Wildman–Crippen LogP) is 2.90. The molecule has 1 aromatic heterocycles. The lowest BCUT2D eigenvalue weighted by molar-refractivity contribution is 0.193. The van der Waals surface area contributed by atoms with Gasteiger partial charge in [-0.15, -0.1) is 0 Å². The smallest absolute Gasteiger partial charge is 0.180 e. The van der Waals surface area contributed by atoms with E-state index in [1.807, 2.05) is 24.3 Å². The van der Waals surface area contributed by atoms with Crippen molar-refractivity contribution in [1.29, 1.82) is 0 Å². The van der Waals surface area contributed by atoms with Crippen LogP contribution < -0.4 is 4.74 Å². The number of rotatable bonds is 2. The molecule has 1 N–H and O–H groups in total. The van der Waals surface area contributed by atoms with Crippen LogP contribution in [0, 0.1) is 0 Å². The van der Waals surface area contributed by atoms with Crippen molar-refractivity contribution in [1.82, 2.24) is 15.2 Å². The van der Waals surface area contributed by atoms with Gasteiger partial charge in [-0.2, -0.15) is 5.10 Å². The lowest BCUT2D eigenvalue weighted by Gasteiger charge is -2.16. The first-order valence-corrected chi connectivity index (χ1v) is 7.31. The summed E-state index contributed by atoms with van der Waals surface area (Å²) in [5.41, 5.74) is 1.91. The fourth-order valence-corrected chi connectivity index (χ4v) is 2.81. The minimum atomic E-state index is 0.318. The van der Waals surface area contributed by atoms with Crippen LogP contribution in [0.15, 0.2) is 18.2 Å². The summed E-state index contributed by atoms with van der Waals surface area (Å²) in [4.78, 5) is 4.58. The Morgan fingerprint density at radius 3 is 3.14 bits per heavy atom. The lowest BCUT2D eigenvalue weighted by Crippen LogP contribution is -2.08. The maximum Gasteiger partial charge on any atom is 0.180 e. The molecule has 0 aliphatic carbocycles. The molecule has 0 unspecified atom stereocenters. The zero-order chi connectivity index (χ0) is 14.2. The summed E-state index contributed by atoms with van der Waals surface area (Å²) in [5.74, 6) is 2.73. The molecule has 2 aliphatic rings. The molecule has 3 heterocycles. The van der Waals surface area contributed by atoms with E-state index >= 15 is 0 Å². The van der Waals surface area contributed by atoms with Crippen molar-refractivity contribution < 1.29 is 9.47 Å². The fraction of sp³-hybridized carbons (Fsp3) is 0.333. The number of benzene rings is 1. The van der Waals surface area contributed by atoms with Gasteiger partial charge in [0.15, 0.2) is 5.82 Å². The van der Waals surface area contributed by atoms with Crippen molar-refractivity contribution in [3.63, 3.8) is 0 Å². The molecule has 1 atom stereocenters. The summed E-state index contributed by atoms with van der Waals surface area (Å²) in [6.07, 6.45) is 3.02. The van der Waals surface area contributed by atoms with Crippen LogP contribution in [0.4, 0.5) is 0 Å². The highest BCUT2D eigenvalue weighted by molar-refractivity contribution is 6.30. The molecule has 2 aliphatic heterocycles. The highest BCUT2D eigenvalue weighted by Gasteiger charge is 2.23. The van der Waals surface area contributed by atoms with Gasteiger partial charge in [0.25, 0.3) is 0 Å². The number of ether oxygens (including phenoxy) is 2. The molecule has 0 spiro atoms. The van der Waals surface area contributed by atoms with Crippen LogP contribution in [0.1, 0.15) is 29.6 Å². The highest BCUT2D eigenvalue weighted by Crippen LogP contribution is 2.32. The zero-order valence-corrected chi connectivity index (χ0v) is 12.1. The molecule has 2 aromatic rings. The first kappa shape index (κ1) is 12.9. The normalized spacial score (nSPS) is 20.8. The average molecular weight is 304 g/mol. The number of nitrogens with zero attached hydrogens (tertiary/aromatic N) is 2. The minimum Gasteiger partial charge on any atom is -0.488 e. The standard InChI is InChI=1S/C15H14ClN3O2/c16-12-1-2-13-10(6-12)5-11(8-21-13)15-17-14(18-19-15)9-3-4-20-7-9/h1-2,5-6,9H,3-4,7-8H2,(H,17,18,19)/t9-/m0/s1. The topological polar surface area (TPSA) is 60.0 Å². The number of nitrogens with one attached hydrogen (secondary N) is 1. The van der Waals surface area contributed by atoms with Crippen LogP contribution in [0.25, 0.3) is 11.6 Å². The van der Waals surface area contributed by atoms with E-state index in [1.165, 1.54) is 0 Å². The number of aromatic amines is 1. The van der Waals surface area contributed by atoms with Gasteiger partial charge in [-0.05, 0) is 30.7 Å². The van der Waals surface area contributed by atoms with E-state index in [1.54, 1.807) is 0 Å². The van der Waals surface area contributed by atoms with Crippen LogP contribution in [-0.4, -0.2) is 35.0 Å². The third kappa shape index (κ3) is 2.43. The zero-order valence-electron chi connectivity index (χ0n) is 11.3. The van der Waals surface area contributed by atoms with Gasteiger partial charge in [-0.3, -0.25) is 5.10 Å². The highest BCUT2D eigenvalue weighted by atomic mass is 35.5. The summed E-state index contributed by atoms with van der Waals surface area (Å²) >= 11 is 6.02. The van der Waals surface area contributed by atoms with E-state index < -0.39 is 0 Å². The van der Waals surface area contributed by atoms with Crippen molar-refractivity contribution in [3.8, 4) is 5.75 Å². The van der Waals surface area contributed by atoms with Crippen LogP contribution in [0.2, 0.25) is 5.02 Å². The number of aromatic nitrogens is 3. The molecule has 0 radical (unpaired) electrons. The summed E-state index contributed by atoms with van der Waals surface area (Å²) in [6, 6.07) is 5.59. The first-order valence-electron chi connectivity index (χ1n) is 6.93. The van der Waals surface area contributed by atoms with Crippen molar-refractivity contribution >= 4 is 23.3 Å². The Bertz CT molecular complexity index is 705. The lowest BCUT2D eigenvalue weighted by atomic mass is 10.1. The monoisotopic (exact) mass is 303 g/mol. The van der Waals surface area contributed by atoms with Crippen LogP contribution in [0.3, 0.4) is 0 Å². The Morgan fingerprint density at radius 2 is 2.29 bits per heavy atom. The number of H-pyrrole nitrogens is 1. The SMILES string of the molecule is Clc1ccc2c(c1)C=C(c1n[nH]c([C@H]3CCOC3)n1)CO2. The Kier molecular flexibility index (Phi) is 3.16. The van der Waals surface area contributed by atoms with Gasteiger partial charge < -0.3 is 9.47 Å². The second-order valence-electron chi connectivity index (χ2n) is 5.25. The van der Waals surface area contributed by atoms with Crippen LogP contribution in [0.5, 0.6) is 5.75 Å². The third-order valence-corrected chi connectivity index (χ3v) is 4.03. The van der Waals surface area contributed by atoms with E-state index in [-0.39, 0.29) is 0 Å². The Hall–Kier alpha value is -1.85. The second-order valence-corrected chi connectivity index (χ2v) is 5.68. The molecular formula is C15H14ClN3O2. The van der Waals surface area contributed by atoms with Crippen molar-refractivity contribution in [2.45, 2.75) is 12.3 Å². The molecule has 1 aromatic carbocycles. The molecule has 4 rings (SSSR count). The quantitative estimate of drug-likeness (QED) is 0.926. The van der Waals surface area contributed by atoms with E-state index in [2.05, 4.69) is 15.2 Å². The van der Waals surface area contributed by atoms with Gasteiger partial charge in [0, 0.05) is 28.7 Å². The largest absolute Gasteiger partial charge is 0.488 e. The van der Waals surface area contributed by atoms with Crippen LogP contribution >= 0.6 is 11.6 Å². The Morgan fingerprint density at radius 1 is 1.33 bits per heavy atom. The molecule has 5 nitrogen and oxygen atoms in total. The fourth-order valence-electron chi connectivity index (χ4n) is 2.63. The summed E-state index contributed by atoms with van der Waals surface area (Å²) in [5, 5.41) is 8.01. The van der Waals surface area contributed by atoms with E-state index in [0.717, 1.165) is 35.7 Å². The van der Waals surface area contributed by atoms with Crippen molar-refractivity contribution in [2.75, 3.05) is 19.8 Å². The maximum atomic E-state index is 6.02. The molecule has 0 saturated carbocycles. The van der Waals surface area contributed by atoms with Gasteiger partial charge in [0.2, 0.25) is 0 Å². The van der Waals surface area contributed by atoms with Crippen molar-refractivity contribution in [2.24, 2.45) is 0 Å². The van der Waals surface area contributed by atoms with Gasteiger partial charge in [-0.1, -0.05) is 11.6 Å². The van der Waals surface area contributed by atoms with Gasteiger partial charge in [0.05, 0.1) is 6.61 Å². The molecule has 21 heavy (non-hydrogen) atoms. The Labute approximate surface area is 126 Å². The predicted molar refractivity (Wildman–Crippen MR) is 79.4 cm³/mol. The van der Waals surface area contributed by atoms with E-state index in [9.17, 15) is 0 Å². The van der Waals surface area contributed by atoms with Gasteiger partial charge in [-0.25, -0.2) is 4.98 Å². The summed E-state index contributed by atoms with van der Waals surface area (Å²) in [7, 11) is 0. The number of halogens is 1. The van der Waals surface area contributed by atoms with Crippen molar-refractivity contribution in [3.05, 3.63) is 40.4 Å². The molecule has 1 fully saturated rings. The molecule has 6 heteroatoms. The van der Waals surface area contributed by atoms with Gasteiger partial charge >= 0.3 is 0 Å². The van der Waals surface area contributed by atoms with Crippen LogP contribution in [-0.2, 0) is 4.74 Å². The molecular weight excluding hydrogens is 290 g/mol. The Balaban J connectivity index is 1.64. The van der Waals surface area contributed by atoms with E-state index in [4.69, 9.17) is 21.1 Å². The number of fused-ring (bicyclic) bond motifs is 1. The summed E-state index contributed by atoms with van der Waals surface area (Å²) < 4.78 is 11.1. The van der Waals surface area contributed by atoms with E-state index in [0.29, 0.717) is 30.0 Å². The summed E-state index contributed by atoms with van der Waals surface area (Å²) in [6.45, 7) is 1.97.